The van der Waals surface area contributed by atoms with Crippen molar-refractivity contribution >= 4 is 5.97 Å². The molecular weight excluding hydrogens is 214 g/mol. The number of carbonyl (C=O) groups is 1. The normalized spacial score (nSPS) is 24.5. The molecule has 1 aliphatic carbocycles. The molecule has 17 heavy (non-hydrogen) atoms. The van der Waals surface area contributed by atoms with Crippen LogP contribution in [0.25, 0.3) is 0 Å². The van der Waals surface area contributed by atoms with Crippen molar-refractivity contribution < 1.29 is 9.90 Å². The maximum Gasteiger partial charge on any atom is 0.303 e. The monoisotopic (exact) mass is 233 g/mol. The molecular formula is C14H19NO2. The van der Waals surface area contributed by atoms with Crippen LogP contribution in [0.15, 0.2) is 24.5 Å². The van der Waals surface area contributed by atoms with Crippen LogP contribution >= 0.6 is 0 Å². The van der Waals surface area contributed by atoms with Gasteiger partial charge in [-0.3, -0.25) is 9.78 Å². The van der Waals surface area contributed by atoms with Gasteiger partial charge in [0.15, 0.2) is 0 Å². The van der Waals surface area contributed by atoms with Crippen molar-refractivity contribution in [3.8, 4) is 0 Å². The molecule has 0 bridgehead atoms. The van der Waals surface area contributed by atoms with Gasteiger partial charge >= 0.3 is 5.97 Å². The average Bonchev–Trinajstić information content (AvgIpc) is 2.38. The lowest BCUT2D eigenvalue weighted by atomic mass is 9.77. The Balaban J connectivity index is 1.80. The van der Waals surface area contributed by atoms with Crippen LogP contribution in [0.2, 0.25) is 0 Å². The smallest absolute Gasteiger partial charge is 0.303 e. The van der Waals surface area contributed by atoms with E-state index in [1.54, 1.807) is 0 Å². The van der Waals surface area contributed by atoms with E-state index in [4.69, 9.17) is 5.11 Å². The number of aromatic nitrogens is 1. The summed E-state index contributed by atoms with van der Waals surface area (Å²) in [6.07, 6.45) is 9.59. The number of pyridine rings is 1. The van der Waals surface area contributed by atoms with E-state index in [9.17, 15) is 4.79 Å². The molecule has 1 aliphatic rings. The zero-order valence-electron chi connectivity index (χ0n) is 10.0. The second-order valence-corrected chi connectivity index (χ2v) is 4.93. The Kier molecular flexibility index (Phi) is 4.13. The summed E-state index contributed by atoms with van der Waals surface area (Å²) in [7, 11) is 0. The van der Waals surface area contributed by atoms with Crippen LogP contribution < -0.4 is 0 Å². The molecule has 92 valence electrons. The molecule has 0 atom stereocenters. The molecule has 0 unspecified atom stereocenters. The number of nitrogens with zero attached hydrogens (tertiary/aromatic N) is 1. The third kappa shape index (κ3) is 3.55. The van der Waals surface area contributed by atoms with Gasteiger partial charge in [-0.1, -0.05) is 0 Å². The highest BCUT2D eigenvalue weighted by Gasteiger charge is 2.22. The largest absolute Gasteiger partial charge is 0.481 e. The predicted molar refractivity (Wildman–Crippen MR) is 65.8 cm³/mol. The van der Waals surface area contributed by atoms with Crippen molar-refractivity contribution in [1.29, 1.82) is 0 Å². The molecule has 0 saturated heterocycles. The molecule has 3 nitrogen and oxygen atoms in total. The fraction of sp³-hybridized carbons (Fsp3) is 0.571. The average molecular weight is 233 g/mol. The van der Waals surface area contributed by atoms with E-state index in [2.05, 4.69) is 17.1 Å². The molecule has 0 radical (unpaired) electrons. The first kappa shape index (κ1) is 12.1. The zero-order valence-corrected chi connectivity index (χ0v) is 10.0. The van der Waals surface area contributed by atoms with E-state index in [1.807, 2.05) is 12.4 Å². The van der Waals surface area contributed by atoms with E-state index in [0.717, 1.165) is 6.42 Å². The van der Waals surface area contributed by atoms with Crippen LogP contribution in [0, 0.1) is 5.92 Å². The number of hydrogen-bond donors (Lipinski definition) is 1. The summed E-state index contributed by atoms with van der Waals surface area (Å²) in [4.78, 5) is 14.6. The van der Waals surface area contributed by atoms with Gasteiger partial charge in [-0.05, 0) is 61.6 Å². The first-order valence-corrected chi connectivity index (χ1v) is 6.37. The van der Waals surface area contributed by atoms with E-state index < -0.39 is 5.97 Å². The summed E-state index contributed by atoms with van der Waals surface area (Å²) in [6, 6.07) is 4.20. The molecule has 1 aromatic rings. The summed E-state index contributed by atoms with van der Waals surface area (Å²) in [5, 5.41) is 8.67. The van der Waals surface area contributed by atoms with Crippen molar-refractivity contribution in [2.75, 3.05) is 0 Å². The van der Waals surface area contributed by atoms with Crippen molar-refractivity contribution in [3.63, 3.8) is 0 Å². The Morgan fingerprint density at radius 1 is 1.24 bits per heavy atom. The first-order chi connectivity index (χ1) is 8.25. The Labute approximate surface area is 102 Å². The minimum atomic E-state index is -0.666. The van der Waals surface area contributed by atoms with E-state index in [1.165, 1.54) is 31.2 Å². The number of aliphatic carboxylic acids is 1. The molecule has 3 heteroatoms. The highest BCUT2D eigenvalue weighted by molar-refractivity contribution is 5.66. The molecule has 0 amide bonds. The Morgan fingerprint density at radius 2 is 1.88 bits per heavy atom. The quantitative estimate of drug-likeness (QED) is 0.868. The molecule has 1 saturated carbocycles. The van der Waals surface area contributed by atoms with Gasteiger partial charge in [0.1, 0.15) is 0 Å². The van der Waals surface area contributed by atoms with Crippen molar-refractivity contribution in [2.24, 2.45) is 5.92 Å². The SMILES string of the molecule is O=C(O)CCC1CCC(c2ccncc2)CC1. The molecule has 2 rings (SSSR count). The maximum atomic E-state index is 10.5. The minimum absolute atomic E-state index is 0.324. The van der Waals surface area contributed by atoms with Gasteiger partial charge in [0.05, 0.1) is 0 Å². The van der Waals surface area contributed by atoms with Crippen LogP contribution in [-0.4, -0.2) is 16.1 Å². The number of carboxylic acids is 1. The second kappa shape index (κ2) is 5.80. The Hall–Kier alpha value is -1.38. The fourth-order valence-electron chi connectivity index (χ4n) is 2.75. The molecule has 0 spiro atoms. The minimum Gasteiger partial charge on any atom is -0.481 e. The second-order valence-electron chi connectivity index (χ2n) is 4.93. The van der Waals surface area contributed by atoms with Gasteiger partial charge in [0.25, 0.3) is 0 Å². The van der Waals surface area contributed by atoms with Gasteiger partial charge in [0, 0.05) is 18.8 Å². The van der Waals surface area contributed by atoms with Gasteiger partial charge < -0.3 is 5.11 Å². The summed E-state index contributed by atoms with van der Waals surface area (Å²) < 4.78 is 0. The van der Waals surface area contributed by atoms with Crippen molar-refractivity contribution in [1.82, 2.24) is 4.98 Å². The number of carboxylic acid groups (broad SMARTS) is 1. The van der Waals surface area contributed by atoms with Gasteiger partial charge in [0.2, 0.25) is 0 Å². The van der Waals surface area contributed by atoms with Crippen LogP contribution in [0.3, 0.4) is 0 Å². The summed E-state index contributed by atoms with van der Waals surface area (Å²) in [5.41, 5.74) is 1.39. The molecule has 1 heterocycles. The van der Waals surface area contributed by atoms with E-state index in [-0.39, 0.29) is 0 Å². The first-order valence-electron chi connectivity index (χ1n) is 6.37. The number of rotatable bonds is 4. The lowest BCUT2D eigenvalue weighted by molar-refractivity contribution is -0.137. The topological polar surface area (TPSA) is 50.2 Å². The predicted octanol–water partition coefficient (Wildman–Crippen LogP) is 3.22. The molecule has 1 fully saturated rings. The molecule has 1 N–H and O–H groups in total. The van der Waals surface area contributed by atoms with E-state index in [0.29, 0.717) is 18.3 Å². The zero-order chi connectivity index (χ0) is 12.1. The summed E-state index contributed by atoms with van der Waals surface area (Å²) in [6.45, 7) is 0. The summed E-state index contributed by atoms with van der Waals surface area (Å²) in [5.74, 6) is 0.601. The van der Waals surface area contributed by atoms with Crippen molar-refractivity contribution in [3.05, 3.63) is 30.1 Å². The highest BCUT2D eigenvalue weighted by atomic mass is 16.4. The third-order valence-electron chi connectivity index (χ3n) is 3.79. The summed E-state index contributed by atoms with van der Waals surface area (Å²) >= 11 is 0. The molecule has 0 aromatic carbocycles. The van der Waals surface area contributed by atoms with Crippen LogP contribution in [-0.2, 0) is 4.79 Å². The van der Waals surface area contributed by atoms with Crippen LogP contribution in [0.5, 0.6) is 0 Å². The maximum absolute atomic E-state index is 10.5. The molecule has 0 aliphatic heterocycles. The van der Waals surface area contributed by atoms with Crippen LogP contribution in [0.4, 0.5) is 0 Å². The fourth-order valence-corrected chi connectivity index (χ4v) is 2.75. The Bertz CT molecular complexity index is 356. The van der Waals surface area contributed by atoms with Gasteiger partial charge in [-0.2, -0.15) is 0 Å². The van der Waals surface area contributed by atoms with Gasteiger partial charge in [-0.15, -0.1) is 0 Å². The lowest BCUT2D eigenvalue weighted by Crippen LogP contribution is -2.14. The highest BCUT2D eigenvalue weighted by Crippen LogP contribution is 2.37. The van der Waals surface area contributed by atoms with E-state index >= 15 is 0 Å². The third-order valence-corrected chi connectivity index (χ3v) is 3.79. The molecule has 1 aromatic heterocycles. The Morgan fingerprint density at radius 3 is 2.47 bits per heavy atom. The van der Waals surface area contributed by atoms with Gasteiger partial charge in [-0.25, -0.2) is 0 Å². The lowest BCUT2D eigenvalue weighted by Gasteiger charge is -2.28. The van der Waals surface area contributed by atoms with Crippen LogP contribution in [0.1, 0.15) is 50.0 Å². The number of hydrogen-bond acceptors (Lipinski definition) is 2. The van der Waals surface area contributed by atoms with Crippen molar-refractivity contribution in [2.45, 2.75) is 44.4 Å². The standard InChI is InChI=1S/C14H19NO2/c16-14(17)6-3-11-1-4-12(5-2-11)13-7-9-15-10-8-13/h7-12H,1-6H2,(H,16,17).